The quantitative estimate of drug-likeness (QED) is 0.0262. The Kier molecular flexibility index (Phi) is 53.4. The summed E-state index contributed by atoms with van der Waals surface area (Å²) in [7, 11) is 0. The van der Waals surface area contributed by atoms with E-state index in [1.54, 1.807) is 0 Å². The number of esters is 3. The lowest BCUT2D eigenvalue weighted by Crippen LogP contribution is -2.30. The van der Waals surface area contributed by atoms with Crippen molar-refractivity contribution in [1.82, 2.24) is 0 Å². The van der Waals surface area contributed by atoms with Crippen LogP contribution < -0.4 is 0 Å². The fraction of sp³-hybridized carbons (Fsp3) is 0.667. The number of hydrogen-bond acceptors (Lipinski definition) is 6. The number of hydrogen-bond donors (Lipinski definition) is 0. The van der Waals surface area contributed by atoms with E-state index in [0.717, 1.165) is 128 Å². The van der Waals surface area contributed by atoms with Gasteiger partial charge in [-0.15, -0.1) is 0 Å². The van der Waals surface area contributed by atoms with E-state index < -0.39 is 6.10 Å². The lowest BCUT2D eigenvalue weighted by atomic mass is 10.1. The molecule has 0 heterocycles. The van der Waals surface area contributed by atoms with Crippen LogP contribution in [0.15, 0.2) is 109 Å². The molecule has 0 radical (unpaired) electrons. The zero-order chi connectivity index (χ0) is 50.0. The van der Waals surface area contributed by atoms with Crippen molar-refractivity contribution in [3.8, 4) is 0 Å². The molecule has 392 valence electrons. The molecular formula is C63H104O6. The predicted molar refractivity (Wildman–Crippen MR) is 297 cm³/mol. The highest BCUT2D eigenvalue weighted by Gasteiger charge is 2.19. The van der Waals surface area contributed by atoms with Gasteiger partial charge in [-0.1, -0.05) is 239 Å². The first-order valence-electron chi connectivity index (χ1n) is 28.4. The van der Waals surface area contributed by atoms with Crippen LogP contribution in [0.4, 0.5) is 0 Å². The molecule has 0 fully saturated rings. The summed E-state index contributed by atoms with van der Waals surface area (Å²) >= 11 is 0. The van der Waals surface area contributed by atoms with Crippen molar-refractivity contribution in [1.29, 1.82) is 0 Å². The Labute approximate surface area is 425 Å². The molecule has 6 nitrogen and oxygen atoms in total. The SMILES string of the molecule is CC/C=C\C/C=C\C/C=C\C/C=C\C/C=C\C/C=C\CCCCCCCCCCC(=O)OCC(COC(=O)CCCCCCCCCCCCC)OC(=O)CCCCC/C=C\C/C=C\C/C=C\CC. The molecule has 0 aromatic carbocycles. The van der Waals surface area contributed by atoms with Crippen LogP contribution in [0.1, 0.15) is 252 Å². The van der Waals surface area contributed by atoms with Gasteiger partial charge in [0, 0.05) is 19.3 Å². The first-order valence-corrected chi connectivity index (χ1v) is 28.4. The Hall–Kier alpha value is -3.93. The first-order chi connectivity index (χ1) is 34.0. The van der Waals surface area contributed by atoms with Crippen molar-refractivity contribution >= 4 is 17.9 Å². The number of unbranched alkanes of at least 4 members (excludes halogenated alkanes) is 21. The molecule has 6 heteroatoms. The van der Waals surface area contributed by atoms with Gasteiger partial charge >= 0.3 is 17.9 Å². The van der Waals surface area contributed by atoms with Crippen LogP contribution >= 0.6 is 0 Å². The normalized spacial score (nSPS) is 12.9. The van der Waals surface area contributed by atoms with Gasteiger partial charge in [-0.25, -0.2) is 0 Å². The van der Waals surface area contributed by atoms with Gasteiger partial charge in [0.25, 0.3) is 0 Å². The Balaban J connectivity index is 4.30. The van der Waals surface area contributed by atoms with E-state index in [1.807, 2.05) is 0 Å². The van der Waals surface area contributed by atoms with Crippen LogP contribution in [0.25, 0.3) is 0 Å². The smallest absolute Gasteiger partial charge is 0.306 e. The van der Waals surface area contributed by atoms with Gasteiger partial charge in [0.05, 0.1) is 0 Å². The summed E-state index contributed by atoms with van der Waals surface area (Å²) in [4.78, 5) is 38.0. The summed E-state index contributed by atoms with van der Waals surface area (Å²) in [5, 5.41) is 0. The second-order valence-corrected chi connectivity index (χ2v) is 18.4. The summed E-state index contributed by atoms with van der Waals surface area (Å²) in [6.45, 7) is 6.37. The zero-order valence-corrected chi connectivity index (χ0v) is 44.8. The topological polar surface area (TPSA) is 78.9 Å². The van der Waals surface area contributed by atoms with E-state index >= 15 is 0 Å². The summed E-state index contributed by atoms with van der Waals surface area (Å²) in [5.74, 6) is -0.932. The highest BCUT2D eigenvalue weighted by molar-refractivity contribution is 5.71. The molecule has 0 rings (SSSR count). The van der Waals surface area contributed by atoms with E-state index in [2.05, 4.69) is 130 Å². The van der Waals surface area contributed by atoms with Crippen LogP contribution in [-0.2, 0) is 28.6 Å². The minimum Gasteiger partial charge on any atom is -0.462 e. The van der Waals surface area contributed by atoms with Crippen molar-refractivity contribution in [2.75, 3.05) is 13.2 Å². The zero-order valence-electron chi connectivity index (χ0n) is 44.8. The third-order valence-corrected chi connectivity index (χ3v) is 11.8. The van der Waals surface area contributed by atoms with Crippen LogP contribution in [0.5, 0.6) is 0 Å². The highest BCUT2D eigenvalue weighted by Crippen LogP contribution is 2.15. The fourth-order valence-electron chi connectivity index (χ4n) is 7.58. The van der Waals surface area contributed by atoms with Gasteiger partial charge in [0.15, 0.2) is 6.10 Å². The Morgan fingerprint density at radius 3 is 0.899 bits per heavy atom. The largest absolute Gasteiger partial charge is 0.462 e. The van der Waals surface area contributed by atoms with Crippen LogP contribution in [0, 0.1) is 0 Å². The van der Waals surface area contributed by atoms with E-state index in [4.69, 9.17) is 14.2 Å². The summed E-state index contributed by atoms with van der Waals surface area (Å²) in [6.07, 6.45) is 76.6. The van der Waals surface area contributed by atoms with Crippen molar-refractivity contribution in [3.63, 3.8) is 0 Å². The maximum atomic E-state index is 12.8. The Morgan fingerprint density at radius 2 is 0.565 bits per heavy atom. The lowest BCUT2D eigenvalue weighted by Gasteiger charge is -2.18. The molecular weight excluding hydrogens is 853 g/mol. The van der Waals surface area contributed by atoms with Gasteiger partial charge in [-0.05, 0) is 103 Å². The lowest BCUT2D eigenvalue weighted by molar-refractivity contribution is -0.167. The molecule has 69 heavy (non-hydrogen) atoms. The van der Waals surface area contributed by atoms with E-state index in [1.165, 1.54) is 83.5 Å². The van der Waals surface area contributed by atoms with Crippen molar-refractivity contribution < 1.29 is 28.6 Å². The fourth-order valence-corrected chi connectivity index (χ4v) is 7.58. The number of rotatable bonds is 50. The molecule has 0 aliphatic carbocycles. The first kappa shape index (κ1) is 65.1. The molecule has 0 saturated carbocycles. The van der Waals surface area contributed by atoms with Crippen LogP contribution in [0.2, 0.25) is 0 Å². The average molecular weight is 958 g/mol. The van der Waals surface area contributed by atoms with E-state index in [9.17, 15) is 14.4 Å². The molecule has 0 aliphatic rings. The van der Waals surface area contributed by atoms with Crippen molar-refractivity contribution in [3.05, 3.63) is 109 Å². The summed E-state index contributed by atoms with van der Waals surface area (Å²) in [5.41, 5.74) is 0. The number of carbonyl (C=O) groups is 3. The van der Waals surface area contributed by atoms with Crippen LogP contribution in [-0.4, -0.2) is 37.2 Å². The molecule has 0 saturated heterocycles. The third kappa shape index (κ3) is 54.9. The number of carbonyl (C=O) groups excluding carboxylic acids is 3. The van der Waals surface area contributed by atoms with Crippen molar-refractivity contribution in [2.45, 2.75) is 258 Å². The molecule has 0 bridgehead atoms. The molecule has 0 amide bonds. The van der Waals surface area contributed by atoms with Crippen molar-refractivity contribution in [2.24, 2.45) is 0 Å². The second-order valence-electron chi connectivity index (χ2n) is 18.4. The highest BCUT2D eigenvalue weighted by atomic mass is 16.6. The number of allylic oxidation sites excluding steroid dienone is 18. The minimum absolute atomic E-state index is 0.0919. The third-order valence-electron chi connectivity index (χ3n) is 11.8. The molecule has 0 aliphatic heterocycles. The molecule has 0 spiro atoms. The second kappa shape index (κ2) is 56.7. The molecule has 1 unspecified atom stereocenters. The predicted octanol–water partition coefficient (Wildman–Crippen LogP) is 19.1. The minimum atomic E-state index is -0.796. The van der Waals surface area contributed by atoms with Crippen LogP contribution in [0.3, 0.4) is 0 Å². The Bertz CT molecular complexity index is 1420. The maximum Gasteiger partial charge on any atom is 0.306 e. The molecule has 1 atom stereocenters. The van der Waals surface area contributed by atoms with Gasteiger partial charge in [-0.3, -0.25) is 14.4 Å². The van der Waals surface area contributed by atoms with E-state index in [0.29, 0.717) is 19.3 Å². The maximum absolute atomic E-state index is 12.8. The van der Waals surface area contributed by atoms with E-state index in [-0.39, 0.29) is 31.1 Å². The Morgan fingerprint density at radius 1 is 0.304 bits per heavy atom. The molecule has 0 aromatic rings. The van der Waals surface area contributed by atoms with Gasteiger partial charge < -0.3 is 14.2 Å². The van der Waals surface area contributed by atoms with Gasteiger partial charge in [0.2, 0.25) is 0 Å². The molecule has 0 aromatic heterocycles. The monoisotopic (exact) mass is 957 g/mol. The number of ether oxygens (including phenoxy) is 3. The summed E-state index contributed by atoms with van der Waals surface area (Å²) < 4.78 is 16.8. The van der Waals surface area contributed by atoms with Gasteiger partial charge in [0.1, 0.15) is 13.2 Å². The van der Waals surface area contributed by atoms with Gasteiger partial charge in [-0.2, -0.15) is 0 Å². The average Bonchev–Trinajstić information content (AvgIpc) is 3.35. The standard InChI is InChI=1S/C63H104O6/c1-4-7-10-13-16-19-22-24-25-26-27-28-29-30-31-32-33-34-35-36-37-39-41-44-47-50-53-56-62(65)68-59-60(58-67-61(64)55-52-49-46-43-40-21-18-15-12-9-6-3)69-63(66)57-54-51-48-45-42-38-23-20-17-14-11-8-5-2/h7-8,10-11,16-17,19-20,24-25,27-28,30-31,33-34,38,42,60H,4-6,9,12-15,18,21-23,26,29,32,35-37,39-41,43-59H2,1-3H3/b10-7-,11-8-,19-16-,20-17-,25-24-,28-27-,31-30-,34-33-,42-38-. The summed E-state index contributed by atoms with van der Waals surface area (Å²) in [6, 6.07) is 0. The molecule has 0 N–H and O–H groups in total.